The van der Waals surface area contributed by atoms with Gasteiger partial charge in [-0.2, -0.15) is 0 Å². The maximum absolute atomic E-state index is 13.1. The molecule has 2 rings (SSSR count). The number of nitrogens with two attached hydrogens (primary N) is 1. The largest absolute Gasteiger partial charge is 0.493 e. The van der Waals surface area contributed by atoms with Crippen molar-refractivity contribution in [2.75, 3.05) is 34.3 Å². The lowest BCUT2D eigenvalue weighted by Gasteiger charge is -2.13. The topological polar surface area (TPSA) is 39.5 Å². The van der Waals surface area contributed by atoms with E-state index in [0.717, 1.165) is 18.7 Å². The van der Waals surface area contributed by atoms with Crippen LogP contribution in [-0.2, 0) is 13.2 Å². The molecule has 0 bridgehead atoms. The number of quaternary nitrogens is 2. The van der Waals surface area contributed by atoms with Crippen molar-refractivity contribution in [2.24, 2.45) is 0 Å². The van der Waals surface area contributed by atoms with Gasteiger partial charge < -0.3 is 19.7 Å². The molecule has 0 atom stereocenters. The highest BCUT2D eigenvalue weighted by atomic mass is 35.5. The molecule has 0 aliphatic heterocycles. The molecule has 26 heavy (non-hydrogen) atoms. The molecule has 0 aliphatic carbocycles. The number of halogens is 2. The van der Waals surface area contributed by atoms with Gasteiger partial charge in [0.15, 0.2) is 11.5 Å². The number of hydrogen-bond acceptors (Lipinski definition) is 2. The van der Waals surface area contributed by atoms with Crippen molar-refractivity contribution in [3.8, 4) is 11.5 Å². The second-order valence-corrected chi connectivity index (χ2v) is 7.01. The van der Waals surface area contributed by atoms with Crippen LogP contribution in [0.2, 0.25) is 5.02 Å². The minimum Gasteiger partial charge on any atom is -0.493 e. The number of benzene rings is 2. The molecule has 0 saturated heterocycles. The summed E-state index contributed by atoms with van der Waals surface area (Å²) in [7, 11) is 5.96. The molecule has 0 amide bonds. The van der Waals surface area contributed by atoms with Crippen molar-refractivity contribution in [1.29, 1.82) is 0 Å². The van der Waals surface area contributed by atoms with Crippen LogP contribution in [0.4, 0.5) is 4.39 Å². The Hall–Kier alpha value is -1.82. The molecule has 0 aliphatic rings. The van der Waals surface area contributed by atoms with Crippen molar-refractivity contribution in [3.05, 3.63) is 58.4 Å². The smallest absolute Gasteiger partial charge is 0.161 e. The lowest BCUT2D eigenvalue weighted by atomic mass is 10.2. The molecule has 0 aromatic heterocycles. The van der Waals surface area contributed by atoms with Crippen molar-refractivity contribution in [3.63, 3.8) is 0 Å². The van der Waals surface area contributed by atoms with Crippen molar-refractivity contribution in [1.82, 2.24) is 0 Å². The Bertz CT molecular complexity index is 710. The van der Waals surface area contributed by atoms with Crippen LogP contribution in [0.25, 0.3) is 0 Å². The minimum atomic E-state index is -0.357. The Morgan fingerprint density at radius 3 is 2.62 bits per heavy atom. The molecule has 4 nitrogen and oxygen atoms in total. The van der Waals surface area contributed by atoms with Crippen molar-refractivity contribution >= 4 is 11.6 Å². The minimum absolute atomic E-state index is 0.258. The highest BCUT2D eigenvalue weighted by Crippen LogP contribution is 2.29. The average molecular weight is 383 g/mol. The monoisotopic (exact) mass is 382 g/mol. The molecule has 6 heteroatoms. The van der Waals surface area contributed by atoms with Gasteiger partial charge in [0.05, 0.1) is 39.3 Å². The molecule has 0 unspecified atom stereocenters. The molecule has 0 radical (unpaired) electrons. The van der Waals surface area contributed by atoms with Crippen molar-refractivity contribution in [2.45, 2.75) is 19.6 Å². The zero-order valence-electron chi connectivity index (χ0n) is 15.6. The van der Waals surface area contributed by atoms with Gasteiger partial charge in [-0.15, -0.1) is 0 Å². The van der Waals surface area contributed by atoms with Crippen LogP contribution in [0.3, 0.4) is 0 Å². The molecular formula is C20H28ClFN2O2+2. The first kappa shape index (κ1) is 20.5. The van der Waals surface area contributed by atoms with E-state index in [1.807, 2.05) is 18.2 Å². The summed E-state index contributed by atoms with van der Waals surface area (Å²) in [5.41, 5.74) is 1.92. The molecule has 0 fully saturated rings. The SMILES string of the molecule is COc1cc(C[NH2+]CCC[NH+](C)C)ccc1OCc1ccc(F)cc1Cl. The molecule has 2 aromatic carbocycles. The fraction of sp³-hybridized carbons (Fsp3) is 0.400. The highest BCUT2D eigenvalue weighted by Gasteiger charge is 2.09. The van der Waals surface area contributed by atoms with Gasteiger partial charge in [-0.1, -0.05) is 17.7 Å². The van der Waals surface area contributed by atoms with Gasteiger partial charge in [0.2, 0.25) is 0 Å². The normalized spacial score (nSPS) is 11.0. The zero-order valence-corrected chi connectivity index (χ0v) is 16.4. The molecule has 2 aromatic rings. The Morgan fingerprint density at radius 1 is 1.12 bits per heavy atom. The first-order valence-corrected chi connectivity index (χ1v) is 9.21. The molecule has 0 heterocycles. The maximum atomic E-state index is 13.1. The van der Waals surface area contributed by atoms with E-state index in [9.17, 15) is 4.39 Å². The summed E-state index contributed by atoms with van der Waals surface area (Å²) in [6, 6.07) is 10.2. The summed E-state index contributed by atoms with van der Waals surface area (Å²) in [6.07, 6.45) is 1.19. The van der Waals surface area contributed by atoms with Gasteiger partial charge >= 0.3 is 0 Å². The number of ether oxygens (including phenoxy) is 2. The Balaban J connectivity index is 1.91. The van der Waals surface area contributed by atoms with Crippen LogP contribution in [0.5, 0.6) is 11.5 Å². The fourth-order valence-corrected chi connectivity index (χ4v) is 2.84. The number of nitrogens with one attached hydrogen (secondary N) is 1. The van der Waals surface area contributed by atoms with E-state index in [-0.39, 0.29) is 12.4 Å². The van der Waals surface area contributed by atoms with E-state index in [1.54, 1.807) is 13.2 Å². The predicted octanol–water partition coefficient (Wildman–Crippen LogP) is 1.66. The molecule has 0 spiro atoms. The summed E-state index contributed by atoms with van der Waals surface area (Å²) in [5, 5.41) is 2.66. The second-order valence-electron chi connectivity index (χ2n) is 6.60. The van der Waals surface area contributed by atoms with Crippen LogP contribution in [-0.4, -0.2) is 34.3 Å². The van der Waals surface area contributed by atoms with Gasteiger partial charge in [0.25, 0.3) is 0 Å². The third-order valence-electron chi connectivity index (χ3n) is 4.09. The first-order chi connectivity index (χ1) is 12.5. The van der Waals surface area contributed by atoms with E-state index in [4.69, 9.17) is 21.1 Å². The maximum Gasteiger partial charge on any atom is 0.161 e. The average Bonchev–Trinajstić information content (AvgIpc) is 2.61. The lowest BCUT2D eigenvalue weighted by Crippen LogP contribution is -3.06. The quantitative estimate of drug-likeness (QED) is 0.613. The van der Waals surface area contributed by atoms with E-state index in [0.29, 0.717) is 16.5 Å². The van der Waals surface area contributed by atoms with Gasteiger partial charge in [-0.05, 0) is 30.3 Å². The van der Waals surface area contributed by atoms with Crippen LogP contribution in [0.1, 0.15) is 17.5 Å². The molecule has 142 valence electrons. The van der Waals surface area contributed by atoms with Crippen LogP contribution >= 0.6 is 11.6 Å². The number of rotatable bonds is 10. The Labute approximate surface area is 159 Å². The lowest BCUT2D eigenvalue weighted by molar-refractivity contribution is -0.860. The van der Waals surface area contributed by atoms with E-state index in [2.05, 4.69) is 19.4 Å². The van der Waals surface area contributed by atoms with Crippen molar-refractivity contribution < 1.29 is 24.1 Å². The molecule has 3 N–H and O–H groups in total. The number of hydrogen-bond donors (Lipinski definition) is 2. The standard InChI is InChI=1S/C20H26ClFN2O2/c1-24(2)10-4-9-23-13-15-5-8-19(20(11-15)25-3)26-14-16-6-7-17(22)12-18(16)21/h5-8,11-12,23H,4,9-10,13-14H2,1-3H3/p+2. The van der Waals surface area contributed by atoms with Gasteiger partial charge in [0, 0.05) is 17.5 Å². The third kappa shape index (κ3) is 6.48. The van der Waals surface area contributed by atoms with Gasteiger partial charge in [0.1, 0.15) is 19.0 Å². The van der Waals surface area contributed by atoms with Crippen LogP contribution in [0, 0.1) is 5.82 Å². The second kappa shape index (κ2) is 10.4. The predicted molar refractivity (Wildman–Crippen MR) is 102 cm³/mol. The summed E-state index contributed by atoms with van der Waals surface area (Å²) >= 11 is 6.04. The van der Waals surface area contributed by atoms with Gasteiger partial charge in [-0.25, -0.2) is 4.39 Å². The number of methoxy groups -OCH3 is 1. The molecular weight excluding hydrogens is 355 g/mol. The van der Waals surface area contributed by atoms with E-state index >= 15 is 0 Å². The first-order valence-electron chi connectivity index (χ1n) is 8.84. The van der Waals surface area contributed by atoms with Crippen LogP contribution < -0.4 is 19.7 Å². The summed E-state index contributed by atoms with van der Waals surface area (Å²) in [5.74, 6) is 0.976. The van der Waals surface area contributed by atoms with E-state index in [1.165, 1.54) is 35.6 Å². The highest BCUT2D eigenvalue weighted by molar-refractivity contribution is 6.31. The molecule has 0 saturated carbocycles. The summed E-state index contributed by atoms with van der Waals surface area (Å²) in [4.78, 5) is 1.47. The van der Waals surface area contributed by atoms with Gasteiger partial charge in [-0.3, -0.25) is 0 Å². The fourth-order valence-electron chi connectivity index (χ4n) is 2.62. The Morgan fingerprint density at radius 2 is 1.92 bits per heavy atom. The van der Waals surface area contributed by atoms with Crippen LogP contribution in [0.15, 0.2) is 36.4 Å². The zero-order chi connectivity index (χ0) is 18.9. The Kier molecular flexibility index (Phi) is 8.16. The summed E-state index contributed by atoms with van der Waals surface area (Å²) in [6.45, 7) is 3.45. The third-order valence-corrected chi connectivity index (χ3v) is 4.44. The van der Waals surface area contributed by atoms with E-state index < -0.39 is 0 Å². The summed E-state index contributed by atoms with van der Waals surface area (Å²) < 4.78 is 24.4.